The summed E-state index contributed by atoms with van der Waals surface area (Å²) in [7, 11) is 0. The van der Waals surface area contributed by atoms with Crippen molar-refractivity contribution in [1.29, 1.82) is 0 Å². The zero-order chi connectivity index (χ0) is 16.9. The average Bonchev–Trinajstić information content (AvgIpc) is 2.87. The molecule has 1 aromatic carbocycles. The van der Waals surface area contributed by atoms with Crippen LogP contribution in [0.4, 0.5) is 10.5 Å². The molecule has 24 heavy (non-hydrogen) atoms. The molecular formula is C18H24N4O2. The van der Waals surface area contributed by atoms with Gasteiger partial charge in [-0.1, -0.05) is 43.1 Å². The minimum Gasteiger partial charge on any atom is -0.340 e. The van der Waals surface area contributed by atoms with Crippen LogP contribution in [0.2, 0.25) is 0 Å². The van der Waals surface area contributed by atoms with Gasteiger partial charge in [0.15, 0.2) is 5.82 Å². The third-order valence-electron chi connectivity index (χ3n) is 4.49. The summed E-state index contributed by atoms with van der Waals surface area (Å²) in [4.78, 5) is 19.1. The molecule has 1 atom stereocenters. The van der Waals surface area contributed by atoms with Gasteiger partial charge in [0.2, 0.25) is 5.89 Å². The van der Waals surface area contributed by atoms with Crippen molar-refractivity contribution in [3.8, 4) is 0 Å². The number of nitrogens with one attached hydrogen (secondary N) is 1. The SMILES string of the molecule is CCc1ccccc1NC(=O)N1CCCCCC1c1noc(C)n1. The van der Waals surface area contributed by atoms with Gasteiger partial charge in [0.05, 0.1) is 6.04 Å². The number of carbonyl (C=O) groups is 1. The van der Waals surface area contributed by atoms with Crippen LogP contribution in [0.15, 0.2) is 28.8 Å². The van der Waals surface area contributed by atoms with Crippen molar-refractivity contribution >= 4 is 11.7 Å². The molecule has 1 aromatic heterocycles. The van der Waals surface area contributed by atoms with Gasteiger partial charge >= 0.3 is 6.03 Å². The van der Waals surface area contributed by atoms with Crippen LogP contribution < -0.4 is 5.32 Å². The minimum atomic E-state index is -0.126. The van der Waals surface area contributed by atoms with Crippen molar-refractivity contribution in [2.24, 2.45) is 0 Å². The van der Waals surface area contributed by atoms with Gasteiger partial charge < -0.3 is 14.7 Å². The number of para-hydroxylation sites is 1. The number of urea groups is 1. The summed E-state index contributed by atoms with van der Waals surface area (Å²) in [5.41, 5.74) is 2.00. The number of carbonyl (C=O) groups excluding carboxylic acids is 1. The van der Waals surface area contributed by atoms with Gasteiger partial charge in [-0.25, -0.2) is 4.79 Å². The van der Waals surface area contributed by atoms with Crippen LogP contribution in [-0.4, -0.2) is 27.6 Å². The normalized spacial score (nSPS) is 18.2. The van der Waals surface area contributed by atoms with Gasteiger partial charge in [0.1, 0.15) is 0 Å². The van der Waals surface area contributed by atoms with Crippen LogP contribution in [0.3, 0.4) is 0 Å². The lowest BCUT2D eigenvalue weighted by molar-refractivity contribution is 0.184. The van der Waals surface area contributed by atoms with Crippen LogP contribution in [0, 0.1) is 6.92 Å². The summed E-state index contributed by atoms with van der Waals surface area (Å²) in [6.45, 7) is 4.56. The Balaban J connectivity index is 1.82. The number of amides is 2. The fourth-order valence-electron chi connectivity index (χ4n) is 3.21. The van der Waals surface area contributed by atoms with Crippen LogP contribution in [0.1, 0.15) is 55.9 Å². The lowest BCUT2D eigenvalue weighted by Crippen LogP contribution is -2.38. The number of aryl methyl sites for hydroxylation is 2. The zero-order valence-corrected chi connectivity index (χ0v) is 14.3. The Morgan fingerprint density at radius 2 is 2.17 bits per heavy atom. The summed E-state index contributed by atoms with van der Waals surface area (Å²) in [6, 6.07) is 7.70. The molecule has 1 fully saturated rings. The van der Waals surface area contributed by atoms with Crippen molar-refractivity contribution in [3.63, 3.8) is 0 Å². The number of aromatic nitrogens is 2. The van der Waals surface area contributed by atoms with Crippen LogP contribution in [0.5, 0.6) is 0 Å². The van der Waals surface area contributed by atoms with Crippen LogP contribution >= 0.6 is 0 Å². The Labute approximate surface area is 142 Å². The summed E-state index contributed by atoms with van der Waals surface area (Å²) in [5.74, 6) is 1.14. The highest BCUT2D eigenvalue weighted by Gasteiger charge is 2.30. The Hall–Kier alpha value is -2.37. The molecular weight excluding hydrogens is 304 g/mol. The molecule has 3 rings (SSSR count). The second-order valence-electron chi connectivity index (χ2n) is 6.17. The average molecular weight is 328 g/mol. The third kappa shape index (κ3) is 3.58. The summed E-state index contributed by atoms with van der Waals surface area (Å²) in [5, 5.41) is 7.11. The number of hydrogen-bond donors (Lipinski definition) is 1. The van der Waals surface area contributed by atoms with E-state index in [1.165, 1.54) is 0 Å². The predicted octanol–water partition coefficient (Wildman–Crippen LogP) is 4.09. The first kappa shape index (κ1) is 16.5. The van der Waals surface area contributed by atoms with E-state index in [0.717, 1.165) is 43.4 Å². The zero-order valence-electron chi connectivity index (χ0n) is 14.3. The number of hydrogen-bond acceptors (Lipinski definition) is 4. The molecule has 0 saturated carbocycles. The molecule has 128 valence electrons. The van der Waals surface area contributed by atoms with Crippen LogP contribution in [-0.2, 0) is 6.42 Å². The number of likely N-dealkylation sites (tertiary alicyclic amines) is 1. The molecule has 2 heterocycles. The molecule has 6 heteroatoms. The number of nitrogens with zero attached hydrogens (tertiary/aromatic N) is 3. The van der Waals surface area contributed by atoms with Crippen LogP contribution in [0.25, 0.3) is 0 Å². The maximum absolute atomic E-state index is 12.9. The molecule has 2 amide bonds. The molecule has 0 bridgehead atoms. The molecule has 1 unspecified atom stereocenters. The molecule has 0 radical (unpaired) electrons. The molecule has 2 aromatic rings. The molecule has 0 aliphatic carbocycles. The van der Waals surface area contributed by atoms with Gasteiger partial charge in [0, 0.05) is 19.2 Å². The van der Waals surface area contributed by atoms with Gasteiger partial charge in [-0.05, 0) is 30.9 Å². The van der Waals surface area contributed by atoms with Crippen molar-refractivity contribution in [3.05, 3.63) is 41.5 Å². The van der Waals surface area contributed by atoms with Gasteiger partial charge in [-0.2, -0.15) is 4.98 Å². The van der Waals surface area contributed by atoms with E-state index in [2.05, 4.69) is 22.4 Å². The van der Waals surface area contributed by atoms with E-state index in [0.29, 0.717) is 18.3 Å². The second-order valence-corrected chi connectivity index (χ2v) is 6.17. The van der Waals surface area contributed by atoms with E-state index in [4.69, 9.17) is 4.52 Å². The highest BCUT2D eigenvalue weighted by molar-refractivity contribution is 5.90. The Kier molecular flexibility index (Phi) is 5.13. The van der Waals surface area contributed by atoms with E-state index < -0.39 is 0 Å². The largest absolute Gasteiger partial charge is 0.340 e. The predicted molar refractivity (Wildman–Crippen MR) is 91.8 cm³/mol. The number of rotatable bonds is 3. The van der Waals surface area contributed by atoms with Gasteiger partial charge in [0.25, 0.3) is 0 Å². The summed E-state index contributed by atoms with van der Waals surface area (Å²) in [6.07, 6.45) is 4.91. The van der Waals surface area contributed by atoms with Crippen molar-refractivity contribution < 1.29 is 9.32 Å². The Bertz CT molecular complexity index is 698. The van der Waals surface area contributed by atoms with Gasteiger partial charge in [-0.15, -0.1) is 0 Å². The Morgan fingerprint density at radius 3 is 2.92 bits per heavy atom. The highest BCUT2D eigenvalue weighted by atomic mass is 16.5. The van der Waals surface area contributed by atoms with Crippen molar-refractivity contribution in [2.45, 2.75) is 52.0 Å². The van der Waals surface area contributed by atoms with Gasteiger partial charge in [-0.3, -0.25) is 0 Å². The topological polar surface area (TPSA) is 71.3 Å². The van der Waals surface area contributed by atoms with E-state index in [9.17, 15) is 4.79 Å². The molecule has 0 spiro atoms. The lowest BCUT2D eigenvalue weighted by atomic mass is 10.1. The summed E-state index contributed by atoms with van der Waals surface area (Å²) >= 11 is 0. The third-order valence-corrected chi connectivity index (χ3v) is 4.49. The molecule has 1 saturated heterocycles. The monoisotopic (exact) mass is 328 g/mol. The molecule has 1 aliphatic rings. The first-order valence-electron chi connectivity index (χ1n) is 8.64. The first-order valence-corrected chi connectivity index (χ1v) is 8.64. The highest BCUT2D eigenvalue weighted by Crippen LogP contribution is 2.29. The van der Waals surface area contributed by atoms with E-state index >= 15 is 0 Å². The quantitative estimate of drug-likeness (QED) is 0.921. The number of anilines is 1. The minimum absolute atomic E-state index is 0.0924. The standard InChI is InChI=1S/C18H24N4O2/c1-3-14-9-6-7-10-15(14)20-18(23)22-12-8-4-5-11-16(22)17-19-13(2)24-21-17/h6-7,9-10,16H,3-5,8,11-12H2,1-2H3,(H,20,23). The maximum Gasteiger partial charge on any atom is 0.322 e. The first-order chi connectivity index (χ1) is 11.7. The second kappa shape index (κ2) is 7.47. The number of benzene rings is 1. The maximum atomic E-state index is 12.9. The molecule has 1 N–H and O–H groups in total. The lowest BCUT2D eigenvalue weighted by Gasteiger charge is -2.28. The fourth-order valence-corrected chi connectivity index (χ4v) is 3.21. The van der Waals surface area contributed by atoms with E-state index in [1.807, 2.05) is 29.2 Å². The van der Waals surface area contributed by atoms with Crippen molar-refractivity contribution in [1.82, 2.24) is 15.0 Å². The summed E-state index contributed by atoms with van der Waals surface area (Å²) < 4.78 is 5.12. The smallest absolute Gasteiger partial charge is 0.322 e. The van der Waals surface area contributed by atoms with Crippen molar-refractivity contribution in [2.75, 3.05) is 11.9 Å². The fraction of sp³-hybridized carbons (Fsp3) is 0.500. The molecule has 1 aliphatic heterocycles. The van der Waals surface area contributed by atoms with E-state index in [1.54, 1.807) is 6.92 Å². The molecule has 6 nitrogen and oxygen atoms in total. The van der Waals surface area contributed by atoms with E-state index in [-0.39, 0.29) is 12.1 Å². The Morgan fingerprint density at radius 1 is 1.33 bits per heavy atom.